The summed E-state index contributed by atoms with van der Waals surface area (Å²) >= 11 is 1.65. The monoisotopic (exact) mass is 398 g/mol. The number of thioether (sulfide) groups is 1. The Hall–Kier alpha value is -2.80. The van der Waals surface area contributed by atoms with Gasteiger partial charge in [-0.1, -0.05) is 24.3 Å². The minimum atomic E-state index is -0.918. The summed E-state index contributed by atoms with van der Waals surface area (Å²) in [5.74, 6) is 0.0179. The topological polar surface area (TPSA) is 77.9 Å². The number of para-hydroxylation sites is 1. The van der Waals surface area contributed by atoms with Crippen molar-refractivity contribution in [1.29, 1.82) is 0 Å². The molecule has 0 aliphatic carbocycles. The number of benzene rings is 2. The van der Waals surface area contributed by atoms with Crippen LogP contribution in [0.5, 0.6) is 0 Å². The summed E-state index contributed by atoms with van der Waals surface area (Å²) in [6, 6.07) is 15.6. The van der Waals surface area contributed by atoms with Crippen LogP contribution >= 0.6 is 11.8 Å². The quantitative estimate of drug-likeness (QED) is 0.838. The number of carbonyl (C=O) groups excluding carboxylic acids is 2. The van der Waals surface area contributed by atoms with Gasteiger partial charge < -0.3 is 14.9 Å². The molecule has 1 fully saturated rings. The van der Waals surface area contributed by atoms with Crippen LogP contribution in [-0.2, 0) is 4.79 Å². The van der Waals surface area contributed by atoms with E-state index >= 15 is 0 Å². The molecule has 2 aromatic rings. The number of carboxylic acids is 1. The lowest BCUT2D eigenvalue weighted by Crippen LogP contribution is -2.47. The van der Waals surface area contributed by atoms with Gasteiger partial charge in [0.15, 0.2) is 0 Å². The number of carboxylic acid groups (broad SMARTS) is 1. The first-order valence-electron chi connectivity index (χ1n) is 9.01. The molecule has 28 heavy (non-hydrogen) atoms. The zero-order chi connectivity index (χ0) is 20.1. The molecule has 1 unspecified atom stereocenters. The minimum absolute atomic E-state index is 0.0753. The van der Waals surface area contributed by atoms with Gasteiger partial charge in [0.2, 0.25) is 0 Å². The highest BCUT2D eigenvalue weighted by molar-refractivity contribution is 7.99. The molecule has 1 N–H and O–H groups in total. The summed E-state index contributed by atoms with van der Waals surface area (Å²) in [4.78, 5) is 40.1. The number of anilines is 1. The first-order chi connectivity index (χ1) is 13.5. The summed E-state index contributed by atoms with van der Waals surface area (Å²) in [6.07, 6.45) is -0.0753. The molecule has 6 nitrogen and oxygen atoms in total. The molecule has 0 saturated carbocycles. The first-order valence-corrected chi connectivity index (χ1v) is 10.2. The second-order valence-electron chi connectivity index (χ2n) is 6.61. The number of carbonyl (C=O) groups is 3. The fourth-order valence-electron chi connectivity index (χ4n) is 3.21. The normalized spacial score (nSPS) is 16.5. The van der Waals surface area contributed by atoms with E-state index in [0.717, 1.165) is 11.4 Å². The van der Waals surface area contributed by atoms with Crippen molar-refractivity contribution in [2.24, 2.45) is 0 Å². The molecule has 0 spiro atoms. The number of hydrogen-bond donors (Lipinski definition) is 1. The van der Waals surface area contributed by atoms with Crippen LogP contribution in [0.3, 0.4) is 0 Å². The van der Waals surface area contributed by atoms with Crippen molar-refractivity contribution in [2.45, 2.75) is 12.5 Å². The number of amides is 2. The summed E-state index contributed by atoms with van der Waals surface area (Å²) in [5.41, 5.74) is 1.58. The number of nitrogens with zero attached hydrogens (tertiary/aromatic N) is 2. The van der Waals surface area contributed by atoms with E-state index in [2.05, 4.69) is 0 Å². The fraction of sp³-hybridized carbons (Fsp3) is 0.286. The average Bonchev–Trinajstić information content (AvgIpc) is 2.73. The smallest absolute Gasteiger partial charge is 0.305 e. The average molecular weight is 398 g/mol. The van der Waals surface area contributed by atoms with Crippen molar-refractivity contribution in [3.8, 4) is 0 Å². The molecule has 1 saturated heterocycles. The van der Waals surface area contributed by atoms with Crippen LogP contribution < -0.4 is 4.90 Å². The molecule has 0 aromatic heterocycles. The van der Waals surface area contributed by atoms with E-state index < -0.39 is 5.97 Å². The Morgan fingerprint density at radius 1 is 1.11 bits per heavy atom. The highest BCUT2D eigenvalue weighted by Crippen LogP contribution is 2.22. The number of rotatable bonds is 5. The minimum Gasteiger partial charge on any atom is -0.481 e. The van der Waals surface area contributed by atoms with Gasteiger partial charge in [0.1, 0.15) is 0 Å². The van der Waals surface area contributed by atoms with E-state index in [9.17, 15) is 14.4 Å². The maximum Gasteiger partial charge on any atom is 0.305 e. The molecule has 1 atom stereocenters. The highest BCUT2D eigenvalue weighted by Gasteiger charge is 2.30. The summed E-state index contributed by atoms with van der Waals surface area (Å²) in [7, 11) is 1.69. The summed E-state index contributed by atoms with van der Waals surface area (Å²) in [6.45, 7) is 0.504. The SMILES string of the molecule is CN(C(=O)c1cccc(C(=O)N2CCSCC2CC(=O)O)c1)c1ccccc1. The zero-order valence-corrected chi connectivity index (χ0v) is 16.4. The Kier molecular flexibility index (Phi) is 6.36. The zero-order valence-electron chi connectivity index (χ0n) is 15.6. The van der Waals surface area contributed by atoms with Gasteiger partial charge in [-0.15, -0.1) is 0 Å². The third-order valence-corrected chi connectivity index (χ3v) is 5.79. The van der Waals surface area contributed by atoms with Gasteiger partial charge in [-0.25, -0.2) is 0 Å². The fourth-order valence-corrected chi connectivity index (χ4v) is 4.27. The second-order valence-corrected chi connectivity index (χ2v) is 7.76. The van der Waals surface area contributed by atoms with Gasteiger partial charge in [0, 0.05) is 41.9 Å². The molecule has 0 bridgehead atoms. The maximum absolute atomic E-state index is 13.0. The van der Waals surface area contributed by atoms with Crippen LogP contribution in [0, 0.1) is 0 Å². The van der Waals surface area contributed by atoms with Crippen molar-refractivity contribution in [2.75, 3.05) is 30.0 Å². The first kappa shape index (κ1) is 19.9. The van der Waals surface area contributed by atoms with Crippen molar-refractivity contribution < 1.29 is 19.5 Å². The van der Waals surface area contributed by atoms with Gasteiger partial charge in [-0.05, 0) is 30.3 Å². The largest absolute Gasteiger partial charge is 0.481 e. The second kappa shape index (κ2) is 8.93. The number of hydrogen-bond acceptors (Lipinski definition) is 4. The standard InChI is InChI=1S/C21H22N2O4S/c1-22(17-8-3-2-4-9-17)20(26)15-6-5-7-16(12-15)21(27)23-10-11-28-14-18(23)13-19(24)25/h2-9,12,18H,10-11,13-14H2,1H3,(H,24,25). The highest BCUT2D eigenvalue weighted by atomic mass is 32.2. The van der Waals surface area contributed by atoms with Crippen LogP contribution in [0.4, 0.5) is 5.69 Å². The molecular weight excluding hydrogens is 376 g/mol. The molecule has 1 aliphatic rings. The van der Waals surface area contributed by atoms with Crippen LogP contribution in [0.25, 0.3) is 0 Å². The Morgan fingerprint density at radius 2 is 1.82 bits per heavy atom. The van der Waals surface area contributed by atoms with Crippen LogP contribution in [0.2, 0.25) is 0 Å². The molecule has 146 valence electrons. The van der Waals surface area contributed by atoms with E-state index in [1.807, 2.05) is 30.3 Å². The summed E-state index contributed by atoms with van der Waals surface area (Å²) in [5, 5.41) is 9.12. The van der Waals surface area contributed by atoms with Gasteiger partial charge in [0.25, 0.3) is 11.8 Å². The Morgan fingerprint density at radius 3 is 2.54 bits per heavy atom. The molecule has 3 rings (SSSR count). The van der Waals surface area contributed by atoms with Gasteiger partial charge in [0.05, 0.1) is 12.5 Å². The lowest BCUT2D eigenvalue weighted by Gasteiger charge is -2.34. The molecule has 2 amide bonds. The molecule has 7 heteroatoms. The van der Waals surface area contributed by atoms with Crippen molar-refractivity contribution >= 4 is 35.2 Å². The number of aliphatic carboxylic acids is 1. The van der Waals surface area contributed by atoms with Crippen molar-refractivity contribution in [3.05, 3.63) is 65.7 Å². The maximum atomic E-state index is 13.0. The van der Waals surface area contributed by atoms with E-state index in [1.54, 1.807) is 48.0 Å². The molecular formula is C21H22N2O4S. The Balaban J connectivity index is 1.81. The van der Waals surface area contributed by atoms with Crippen molar-refractivity contribution in [1.82, 2.24) is 4.90 Å². The molecule has 1 heterocycles. The summed E-state index contributed by atoms with van der Waals surface area (Å²) < 4.78 is 0. The lowest BCUT2D eigenvalue weighted by molar-refractivity contribution is -0.138. The van der Waals surface area contributed by atoms with Gasteiger partial charge in [-0.3, -0.25) is 14.4 Å². The van der Waals surface area contributed by atoms with E-state index in [4.69, 9.17) is 5.11 Å². The predicted molar refractivity (Wildman–Crippen MR) is 110 cm³/mol. The van der Waals surface area contributed by atoms with Crippen LogP contribution in [-0.4, -0.2) is 58.9 Å². The van der Waals surface area contributed by atoms with Gasteiger partial charge in [-0.2, -0.15) is 11.8 Å². The van der Waals surface area contributed by atoms with Crippen molar-refractivity contribution in [3.63, 3.8) is 0 Å². The third kappa shape index (κ3) is 4.54. The molecule has 1 aliphatic heterocycles. The van der Waals surface area contributed by atoms with E-state index in [0.29, 0.717) is 23.4 Å². The van der Waals surface area contributed by atoms with E-state index in [1.165, 1.54) is 4.90 Å². The lowest BCUT2D eigenvalue weighted by atomic mass is 10.1. The molecule has 0 radical (unpaired) electrons. The molecule has 2 aromatic carbocycles. The van der Waals surface area contributed by atoms with E-state index in [-0.39, 0.29) is 24.3 Å². The van der Waals surface area contributed by atoms with Crippen LogP contribution in [0.15, 0.2) is 54.6 Å². The Bertz CT molecular complexity index is 872. The third-order valence-electron chi connectivity index (χ3n) is 4.70. The van der Waals surface area contributed by atoms with Gasteiger partial charge >= 0.3 is 5.97 Å². The Labute approximate surface area is 168 Å². The predicted octanol–water partition coefficient (Wildman–Crippen LogP) is 3.00. The van der Waals surface area contributed by atoms with Crippen LogP contribution in [0.1, 0.15) is 27.1 Å².